The van der Waals surface area contributed by atoms with E-state index in [9.17, 15) is 4.79 Å². The van der Waals surface area contributed by atoms with Crippen LogP contribution in [0, 0.1) is 5.92 Å². The maximum Gasteiger partial charge on any atom is 0.310 e. The van der Waals surface area contributed by atoms with Crippen molar-refractivity contribution < 1.29 is 14.3 Å². The number of carbonyl (C=O) groups is 1. The van der Waals surface area contributed by atoms with Gasteiger partial charge in [-0.25, -0.2) is 0 Å². The lowest BCUT2D eigenvalue weighted by atomic mass is 9.95. The first-order chi connectivity index (χ1) is 9.29. The first-order valence-corrected chi connectivity index (χ1v) is 6.72. The number of benzene rings is 1. The van der Waals surface area contributed by atoms with Gasteiger partial charge in [-0.05, 0) is 31.2 Å². The summed E-state index contributed by atoms with van der Waals surface area (Å²) in [4.78, 5) is 11.8. The molecular weight excluding hydrogens is 240 g/mol. The van der Waals surface area contributed by atoms with Gasteiger partial charge in [0.05, 0.1) is 20.1 Å². The number of para-hydroxylation sites is 1. The van der Waals surface area contributed by atoms with Gasteiger partial charge in [0.1, 0.15) is 5.75 Å². The SMILES string of the molecule is COc1ccccc1CC(=O)OCC1CC=CCC1. The second-order valence-electron chi connectivity index (χ2n) is 4.82. The zero-order valence-electron chi connectivity index (χ0n) is 11.3. The van der Waals surface area contributed by atoms with Crippen LogP contribution >= 0.6 is 0 Å². The van der Waals surface area contributed by atoms with Gasteiger partial charge in [0.25, 0.3) is 0 Å². The minimum atomic E-state index is -0.181. The average Bonchev–Trinajstić information content (AvgIpc) is 2.47. The molecule has 1 aromatic rings. The second-order valence-corrected chi connectivity index (χ2v) is 4.82. The van der Waals surface area contributed by atoms with Crippen LogP contribution in [0.4, 0.5) is 0 Å². The second kappa shape index (κ2) is 6.98. The van der Waals surface area contributed by atoms with Crippen molar-refractivity contribution in [1.82, 2.24) is 0 Å². The Bertz CT molecular complexity index is 451. The van der Waals surface area contributed by atoms with Gasteiger partial charge in [-0.2, -0.15) is 0 Å². The molecule has 3 nitrogen and oxygen atoms in total. The van der Waals surface area contributed by atoms with Gasteiger partial charge >= 0.3 is 5.97 Å². The Kier molecular flexibility index (Phi) is 5.01. The molecule has 3 heteroatoms. The molecule has 0 saturated carbocycles. The zero-order valence-corrected chi connectivity index (χ0v) is 11.3. The van der Waals surface area contributed by atoms with Gasteiger partial charge in [0.2, 0.25) is 0 Å². The molecule has 0 radical (unpaired) electrons. The highest BCUT2D eigenvalue weighted by Gasteiger charge is 2.14. The summed E-state index contributed by atoms with van der Waals surface area (Å²) in [5.74, 6) is 1.03. The van der Waals surface area contributed by atoms with Crippen LogP contribution in [0.1, 0.15) is 24.8 Å². The summed E-state index contributed by atoms with van der Waals surface area (Å²) < 4.78 is 10.6. The first-order valence-electron chi connectivity index (χ1n) is 6.72. The molecule has 0 fully saturated rings. The molecule has 1 unspecified atom stereocenters. The van der Waals surface area contributed by atoms with Crippen LogP contribution in [0.25, 0.3) is 0 Å². The normalized spacial score (nSPS) is 18.1. The Balaban J connectivity index is 1.82. The van der Waals surface area contributed by atoms with Crippen LogP contribution in [0.5, 0.6) is 5.75 Å². The molecule has 0 N–H and O–H groups in total. The topological polar surface area (TPSA) is 35.5 Å². The highest BCUT2D eigenvalue weighted by Crippen LogP contribution is 2.20. The van der Waals surface area contributed by atoms with Gasteiger partial charge in [-0.1, -0.05) is 30.4 Å². The lowest BCUT2D eigenvalue weighted by Gasteiger charge is -2.17. The zero-order chi connectivity index (χ0) is 13.5. The van der Waals surface area contributed by atoms with Gasteiger partial charge in [0.15, 0.2) is 0 Å². The average molecular weight is 260 g/mol. The lowest BCUT2D eigenvalue weighted by Crippen LogP contribution is -2.16. The molecule has 1 aliphatic carbocycles. The molecule has 1 atom stereocenters. The number of esters is 1. The monoisotopic (exact) mass is 260 g/mol. The third kappa shape index (κ3) is 4.12. The Labute approximate surface area is 114 Å². The molecule has 2 rings (SSSR count). The fourth-order valence-electron chi connectivity index (χ4n) is 2.27. The third-order valence-corrected chi connectivity index (χ3v) is 3.38. The van der Waals surface area contributed by atoms with Crippen LogP contribution in [0.15, 0.2) is 36.4 Å². The summed E-state index contributed by atoms with van der Waals surface area (Å²) in [5.41, 5.74) is 0.874. The predicted molar refractivity (Wildman–Crippen MR) is 74.1 cm³/mol. The first kappa shape index (κ1) is 13.7. The van der Waals surface area contributed by atoms with Crippen LogP contribution in [-0.4, -0.2) is 19.7 Å². The van der Waals surface area contributed by atoms with E-state index in [0.29, 0.717) is 12.5 Å². The molecule has 1 aromatic carbocycles. The largest absolute Gasteiger partial charge is 0.496 e. The summed E-state index contributed by atoms with van der Waals surface area (Å²) in [6.07, 6.45) is 7.84. The Morgan fingerprint density at radius 1 is 1.32 bits per heavy atom. The number of allylic oxidation sites excluding steroid dienone is 2. The van der Waals surface area contributed by atoms with Crippen LogP contribution < -0.4 is 4.74 Å². The molecule has 0 bridgehead atoms. The minimum absolute atomic E-state index is 0.181. The number of hydrogen-bond donors (Lipinski definition) is 0. The minimum Gasteiger partial charge on any atom is -0.496 e. The van der Waals surface area contributed by atoms with E-state index in [2.05, 4.69) is 12.2 Å². The van der Waals surface area contributed by atoms with Gasteiger partial charge < -0.3 is 9.47 Å². The van der Waals surface area contributed by atoms with E-state index >= 15 is 0 Å². The number of rotatable bonds is 5. The number of ether oxygens (including phenoxy) is 2. The van der Waals surface area contributed by atoms with Crippen molar-refractivity contribution in [2.75, 3.05) is 13.7 Å². The molecule has 0 saturated heterocycles. The molecular formula is C16H20O3. The summed E-state index contributed by atoms with van der Waals surface area (Å²) in [7, 11) is 1.61. The fourth-order valence-corrected chi connectivity index (χ4v) is 2.27. The molecule has 19 heavy (non-hydrogen) atoms. The Hall–Kier alpha value is -1.77. The van der Waals surface area contributed by atoms with Crippen molar-refractivity contribution in [3.8, 4) is 5.75 Å². The number of methoxy groups -OCH3 is 1. The van der Waals surface area contributed by atoms with Crippen molar-refractivity contribution in [2.45, 2.75) is 25.7 Å². The highest BCUT2D eigenvalue weighted by atomic mass is 16.5. The van der Waals surface area contributed by atoms with Crippen molar-refractivity contribution in [3.63, 3.8) is 0 Å². The van der Waals surface area contributed by atoms with Gasteiger partial charge in [-0.3, -0.25) is 4.79 Å². The molecule has 0 heterocycles. The van der Waals surface area contributed by atoms with E-state index in [1.54, 1.807) is 7.11 Å². The summed E-state index contributed by atoms with van der Waals surface area (Å²) in [5, 5.41) is 0. The summed E-state index contributed by atoms with van der Waals surface area (Å²) in [6, 6.07) is 7.54. The summed E-state index contributed by atoms with van der Waals surface area (Å²) in [6.45, 7) is 0.526. The van der Waals surface area contributed by atoms with Crippen molar-refractivity contribution in [3.05, 3.63) is 42.0 Å². The molecule has 0 spiro atoms. The van der Waals surface area contributed by atoms with E-state index in [0.717, 1.165) is 30.6 Å². The lowest BCUT2D eigenvalue weighted by molar-refractivity contribution is -0.144. The maximum absolute atomic E-state index is 11.8. The maximum atomic E-state index is 11.8. The number of carbonyl (C=O) groups excluding carboxylic acids is 1. The van der Waals surface area contributed by atoms with Gasteiger partial charge in [-0.15, -0.1) is 0 Å². The fraction of sp³-hybridized carbons (Fsp3) is 0.438. The van der Waals surface area contributed by atoms with E-state index in [-0.39, 0.29) is 12.4 Å². The smallest absolute Gasteiger partial charge is 0.310 e. The van der Waals surface area contributed by atoms with Crippen LogP contribution in [-0.2, 0) is 16.0 Å². The predicted octanol–water partition coefficient (Wildman–Crippen LogP) is 3.14. The molecule has 0 aliphatic heterocycles. The standard InChI is InChI=1S/C16H20O3/c1-18-15-10-6-5-9-14(15)11-16(17)19-12-13-7-3-2-4-8-13/h2-3,5-6,9-10,13H,4,7-8,11-12H2,1H3. The molecule has 102 valence electrons. The van der Waals surface area contributed by atoms with Gasteiger partial charge in [0, 0.05) is 5.56 Å². The van der Waals surface area contributed by atoms with Crippen molar-refractivity contribution >= 4 is 5.97 Å². The van der Waals surface area contributed by atoms with E-state index < -0.39 is 0 Å². The summed E-state index contributed by atoms with van der Waals surface area (Å²) >= 11 is 0. The third-order valence-electron chi connectivity index (χ3n) is 3.38. The van der Waals surface area contributed by atoms with Crippen LogP contribution in [0.2, 0.25) is 0 Å². The Morgan fingerprint density at radius 3 is 2.89 bits per heavy atom. The molecule has 1 aliphatic rings. The van der Waals surface area contributed by atoms with E-state index in [1.165, 1.54) is 0 Å². The number of hydrogen-bond acceptors (Lipinski definition) is 3. The van der Waals surface area contributed by atoms with E-state index in [1.807, 2.05) is 24.3 Å². The molecule has 0 amide bonds. The van der Waals surface area contributed by atoms with Crippen molar-refractivity contribution in [2.24, 2.45) is 5.92 Å². The molecule has 0 aromatic heterocycles. The van der Waals surface area contributed by atoms with Crippen LogP contribution in [0.3, 0.4) is 0 Å². The van der Waals surface area contributed by atoms with Crippen molar-refractivity contribution in [1.29, 1.82) is 0 Å². The quantitative estimate of drug-likeness (QED) is 0.602. The highest BCUT2D eigenvalue weighted by molar-refractivity contribution is 5.73. The Morgan fingerprint density at radius 2 is 2.16 bits per heavy atom. The van der Waals surface area contributed by atoms with E-state index in [4.69, 9.17) is 9.47 Å².